The monoisotopic (exact) mass is 413 g/mol. The molecule has 0 spiro atoms. The van der Waals surface area contributed by atoms with E-state index in [0.29, 0.717) is 34.7 Å². The maximum Gasteiger partial charge on any atom is 0.243 e. The van der Waals surface area contributed by atoms with E-state index in [-0.39, 0.29) is 0 Å². The Morgan fingerprint density at radius 2 is 1.86 bits per heavy atom. The summed E-state index contributed by atoms with van der Waals surface area (Å²) in [6.07, 6.45) is 1.57. The van der Waals surface area contributed by atoms with Gasteiger partial charge in [-0.1, -0.05) is 17.7 Å². The predicted octanol–water partition coefficient (Wildman–Crippen LogP) is 4.43. The highest BCUT2D eigenvalue weighted by molar-refractivity contribution is 7.18. The summed E-state index contributed by atoms with van der Waals surface area (Å²) in [7, 11) is 3.21. The number of thiazole rings is 1. The van der Waals surface area contributed by atoms with Crippen LogP contribution in [0.4, 0.5) is 5.95 Å². The molecule has 28 heavy (non-hydrogen) atoms. The third-order valence-corrected chi connectivity index (χ3v) is 5.31. The number of rotatable bonds is 6. The van der Waals surface area contributed by atoms with Crippen LogP contribution in [0.25, 0.3) is 21.5 Å². The van der Waals surface area contributed by atoms with E-state index in [9.17, 15) is 0 Å². The van der Waals surface area contributed by atoms with Crippen molar-refractivity contribution in [3.05, 3.63) is 52.6 Å². The second kappa shape index (κ2) is 7.95. The first-order valence-electron chi connectivity index (χ1n) is 8.38. The molecule has 0 unspecified atom stereocenters. The zero-order valence-corrected chi connectivity index (χ0v) is 16.7. The first-order valence-corrected chi connectivity index (χ1v) is 9.57. The molecule has 2 heterocycles. The van der Waals surface area contributed by atoms with Crippen molar-refractivity contribution in [3.8, 4) is 22.8 Å². The molecule has 0 amide bonds. The summed E-state index contributed by atoms with van der Waals surface area (Å²) < 4.78 is 12.0. The van der Waals surface area contributed by atoms with Crippen LogP contribution in [0, 0.1) is 0 Å². The van der Waals surface area contributed by atoms with Gasteiger partial charge in [0.1, 0.15) is 22.2 Å². The van der Waals surface area contributed by atoms with Crippen molar-refractivity contribution < 1.29 is 9.47 Å². The number of benzene rings is 2. The summed E-state index contributed by atoms with van der Waals surface area (Å²) in [5.74, 6) is 1.69. The summed E-state index contributed by atoms with van der Waals surface area (Å²) in [5.41, 5.74) is 2.20. The van der Waals surface area contributed by atoms with Crippen molar-refractivity contribution in [2.24, 2.45) is 0 Å². The number of fused-ring (bicyclic) bond motifs is 1. The minimum atomic E-state index is 0.391. The van der Waals surface area contributed by atoms with Crippen molar-refractivity contribution in [2.75, 3.05) is 19.5 Å². The molecule has 0 saturated carbocycles. The van der Waals surface area contributed by atoms with Gasteiger partial charge >= 0.3 is 0 Å². The second-order valence-electron chi connectivity index (χ2n) is 5.78. The smallest absolute Gasteiger partial charge is 0.243 e. The van der Waals surface area contributed by atoms with Gasteiger partial charge in [-0.2, -0.15) is 5.10 Å². The van der Waals surface area contributed by atoms with E-state index in [4.69, 9.17) is 21.1 Å². The van der Waals surface area contributed by atoms with E-state index in [0.717, 1.165) is 20.8 Å². The van der Waals surface area contributed by atoms with Crippen LogP contribution in [-0.2, 0) is 6.54 Å². The van der Waals surface area contributed by atoms with Gasteiger partial charge in [0, 0.05) is 5.02 Å². The summed E-state index contributed by atoms with van der Waals surface area (Å²) >= 11 is 7.62. The van der Waals surface area contributed by atoms with Gasteiger partial charge in [-0.05, 0) is 30.3 Å². The van der Waals surface area contributed by atoms with Gasteiger partial charge in [-0.3, -0.25) is 0 Å². The number of ether oxygens (including phenoxy) is 2. The Hall–Kier alpha value is -2.97. The maximum absolute atomic E-state index is 6.03. The fraction of sp³-hybridized carbons (Fsp3) is 0.158. The van der Waals surface area contributed by atoms with E-state index in [2.05, 4.69) is 25.5 Å². The first kappa shape index (κ1) is 18.4. The molecule has 0 bridgehead atoms. The molecule has 1 N–H and O–H groups in total. The highest BCUT2D eigenvalue weighted by Crippen LogP contribution is 2.37. The summed E-state index contributed by atoms with van der Waals surface area (Å²) in [6, 6.07) is 11.2. The van der Waals surface area contributed by atoms with Gasteiger partial charge in [-0.25, -0.2) is 9.97 Å². The van der Waals surface area contributed by atoms with Crippen molar-refractivity contribution in [1.82, 2.24) is 20.2 Å². The second-order valence-corrected chi connectivity index (χ2v) is 7.33. The number of anilines is 1. The molecule has 0 aliphatic rings. The Morgan fingerprint density at radius 3 is 2.61 bits per heavy atom. The third-order valence-electron chi connectivity index (χ3n) is 4.03. The van der Waals surface area contributed by atoms with Crippen molar-refractivity contribution >= 4 is 39.1 Å². The van der Waals surface area contributed by atoms with Gasteiger partial charge in [0.05, 0.1) is 42.7 Å². The van der Waals surface area contributed by atoms with Crippen LogP contribution in [0.3, 0.4) is 0 Å². The van der Waals surface area contributed by atoms with Gasteiger partial charge in [0.15, 0.2) is 0 Å². The normalized spacial score (nSPS) is 10.8. The summed E-state index contributed by atoms with van der Waals surface area (Å²) in [6.45, 7) is 0.477. The van der Waals surface area contributed by atoms with E-state index in [1.165, 1.54) is 0 Å². The van der Waals surface area contributed by atoms with Crippen LogP contribution in [0.1, 0.15) is 5.01 Å². The molecular weight excluding hydrogens is 398 g/mol. The van der Waals surface area contributed by atoms with Crippen LogP contribution in [0.5, 0.6) is 11.5 Å². The SMILES string of the molecule is COc1cccc(OC)c1-c1cnnc(NCc2nc3cc(Cl)ccc3s2)n1. The summed E-state index contributed by atoms with van der Waals surface area (Å²) in [4.78, 5) is 9.13. The number of hydrogen-bond donors (Lipinski definition) is 1. The molecule has 7 nitrogen and oxygen atoms in total. The third kappa shape index (κ3) is 3.69. The molecule has 0 radical (unpaired) electrons. The van der Waals surface area contributed by atoms with Crippen LogP contribution in [0.15, 0.2) is 42.6 Å². The average Bonchev–Trinajstić information content (AvgIpc) is 3.13. The molecule has 4 aromatic rings. The fourth-order valence-corrected chi connectivity index (χ4v) is 3.83. The van der Waals surface area contributed by atoms with E-state index >= 15 is 0 Å². The molecule has 0 aliphatic carbocycles. The molecule has 0 atom stereocenters. The average molecular weight is 414 g/mol. The standard InChI is InChI=1S/C19H16ClN5O2S/c1-26-14-4-3-5-15(27-2)18(14)13-9-22-25-19(24-13)21-10-17-23-12-8-11(20)6-7-16(12)28-17/h3-9H,10H2,1-2H3,(H,21,24,25). The van der Waals surface area contributed by atoms with E-state index < -0.39 is 0 Å². The van der Waals surface area contributed by atoms with Gasteiger partial charge in [0.25, 0.3) is 0 Å². The Balaban J connectivity index is 1.59. The molecule has 2 aromatic carbocycles. The minimum absolute atomic E-state index is 0.391. The molecule has 142 valence electrons. The highest BCUT2D eigenvalue weighted by atomic mass is 35.5. The van der Waals surface area contributed by atoms with Crippen molar-refractivity contribution in [2.45, 2.75) is 6.54 Å². The van der Waals surface area contributed by atoms with E-state index in [1.807, 2.05) is 36.4 Å². The minimum Gasteiger partial charge on any atom is -0.496 e. The predicted molar refractivity (Wildman–Crippen MR) is 110 cm³/mol. The number of nitrogens with zero attached hydrogens (tertiary/aromatic N) is 4. The Morgan fingerprint density at radius 1 is 1.07 bits per heavy atom. The Bertz CT molecular complexity index is 1110. The van der Waals surface area contributed by atoms with Crippen LogP contribution >= 0.6 is 22.9 Å². The Labute approximate surface area is 170 Å². The number of aromatic nitrogens is 4. The summed E-state index contributed by atoms with van der Waals surface area (Å²) in [5, 5.41) is 12.9. The number of halogens is 1. The zero-order valence-electron chi connectivity index (χ0n) is 15.1. The van der Waals surface area contributed by atoms with Crippen molar-refractivity contribution in [3.63, 3.8) is 0 Å². The molecule has 2 aromatic heterocycles. The Kier molecular flexibility index (Phi) is 5.23. The highest BCUT2D eigenvalue weighted by Gasteiger charge is 2.15. The van der Waals surface area contributed by atoms with Crippen molar-refractivity contribution in [1.29, 1.82) is 0 Å². The van der Waals surface area contributed by atoms with Crippen LogP contribution in [-0.4, -0.2) is 34.4 Å². The van der Waals surface area contributed by atoms with Gasteiger partial charge in [0.2, 0.25) is 5.95 Å². The number of nitrogens with one attached hydrogen (secondary N) is 1. The number of methoxy groups -OCH3 is 2. The van der Waals surface area contributed by atoms with Crippen LogP contribution < -0.4 is 14.8 Å². The quantitative estimate of drug-likeness (QED) is 0.500. The molecular formula is C19H16ClN5O2S. The number of hydrogen-bond acceptors (Lipinski definition) is 8. The largest absolute Gasteiger partial charge is 0.496 e. The van der Waals surface area contributed by atoms with E-state index in [1.54, 1.807) is 31.8 Å². The van der Waals surface area contributed by atoms with Gasteiger partial charge in [-0.15, -0.1) is 16.4 Å². The van der Waals surface area contributed by atoms with Gasteiger partial charge < -0.3 is 14.8 Å². The lowest BCUT2D eigenvalue weighted by molar-refractivity contribution is 0.397. The topological polar surface area (TPSA) is 82.0 Å². The molecule has 9 heteroatoms. The molecule has 0 fully saturated rings. The molecule has 0 aliphatic heterocycles. The lowest BCUT2D eigenvalue weighted by Crippen LogP contribution is -2.05. The lowest BCUT2D eigenvalue weighted by atomic mass is 10.1. The first-order chi connectivity index (χ1) is 13.7. The maximum atomic E-state index is 6.03. The fourth-order valence-electron chi connectivity index (χ4n) is 2.78. The van der Waals surface area contributed by atoms with Crippen LogP contribution in [0.2, 0.25) is 5.02 Å². The zero-order chi connectivity index (χ0) is 19.5. The lowest BCUT2D eigenvalue weighted by Gasteiger charge is -2.12. The molecule has 0 saturated heterocycles. The molecule has 4 rings (SSSR count).